The summed E-state index contributed by atoms with van der Waals surface area (Å²) in [5.41, 5.74) is 11.3. The lowest BCUT2D eigenvalue weighted by atomic mass is 9.71. The molecular weight excluding hydrogens is 711 g/mol. The molecule has 0 spiro atoms. The molecule has 5 aromatic rings. The molecule has 5 aromatic carbocycles. The van der Waals surface area contributed by atoms with Crippen LogP contribution < -0.4 is 24.2 Å². The summed E-state index contributed by atoms with van der Waals surface area (Å²) in [5, 5.41) is 2.27. The summed E-state index contributed by atoms with van der Waals surface area (Å²) < 4.78 is 31.2. The maximum absolute atomic E-state index is 7.82. The Balaban J connectivity index is 1.21. The van der Waals surface area contributed by atoms with Crippen LogP contribution in [-0.4, -0.2) is 86.0 Å². The fourth-order valence-electron chi connectivity index (χ4n) is 10.3. The molecule has 0 unspecified atom stereocenters. The smallest absolute Gasteiger partial charge is 0.178 e. The number of hydrogen-bond donors (Lipinski definition) is 0. The van der Waals surface area contributed by atoms with Gasteiger partial charge in [-0.15, -0.1) is 0 Å². The summed E-state index contributed by atoms with van der Waals surface area (Å²) >= 11 is 0. The quantitative estimate of drug-likeness (QED) is 0.156. The van der Waals surface area contributed by atoms with Crippen molar-refractivity contribution in [1.29, 1.82) is 0 Å². The van der Waals surface area contributed by atoms with Gasteiger partial charge >= 0.3 is 0 Å². The van der Waals surface area contributed by atoms with E-state index < -0.39 is 5.60 Å². The van der Waals surface area contributed by atoms with Crippen LogP contribution in [0.25, 0.3) is 28.0 Å². The Morgan fingerprint density at radius 1 is 0.632 bits per heavy atom. The number of nitrogens with zero attached hydrogens (tertiary/aromatic N) is 3. The second kappa shape index (κ2) is 14.7. The van der Waals surface area contributed by atoms with Crippen molar-refractivity contribution in [1.82, 2.24) is 0 Å². The first-order valence-electron chi connectivity index (χ1n) is 21.0. The summed E-state index contributed by atoms with van der Waals surface area (Å²) in [5.74, 6) is 1.76. The van der Waals surface area contributed by atoms with Crippen molar-refractivity contribution in [3.63, 3.8) is 0 Å². The average molecular weight is 764 g/mol. The molecule has 3 fully saturated rings. The van der Waals surface area contributed by atoms with Crippen molar-refractivity contribution in [2.24, 2.45) is 0 Å². The van der Waals surface area contributed by atoms with Crippen molar-refractivity contribution in [3.8, 4) is 22.6 Å². The fraction of sp³-hybridized carbons (Fsp3) is 0.388. The molecule has 0 atom stereocenters. The minimum absolute atomic E-state index is 0.156. The van der Waals surface area contributed by atoms with Crippen LogP contribution in [0, 0.1) is 0 Å². The minimum atomic E-state index is -0.885. The summed E-state index contributed by atoms with van der Waals surface area (Å²) in [4.78, 5) is 7.23. The van der Waals surface area contributed by atoms with E-state index in [1.54, 1.807) is 7.11 Å². The molecule has 57 heavy (non-hydrogen) atoms. The Bertz CT molecular complexity index is 2240. The molecule has 8 nitrogen and oxygen atoms in total. The fourth-order valence-corrected chi connectivity index (χ4v) is 10.3. The predicted molar refractivity (Wildman–Crippen MR) is 230 cm³/mol. The summed E-state index contributed by atoms with van der Waals surface area (Å²) in [6.45, 7) is 14.3. The molecule has 0 saturated carbocycles. The molecule has 0 radical (unpaired) electrons. The summed E-state index contributed by atoms with van der Waals surface area (Å²) in [7, 11) is 1.79. The van der Waals surface area contributed by atoms with Crippen molar-refractivity contribution >= 4 is 33.9 Å². The topological polar surface area (TPSA) is 55.9 Å². The molecule has 1 aliphatic carbocycles. The molecule has 5 aliphatic rings. The molecule has 10 rings (SSSR count). The van der Waals surface area contributed by atoms with E-state index in [-0.39, 0.29) is 5.41 Å². The Morgan fingerprint density at radius 2 is 1.18 bits per heavy atom. The highest BCUT2D eigenvalue weighted by Crippen LogP contribution is 2.61. The van der Waals surface area contributed by atoms with Gasteiger partial charge in [0.05, 0.1) is 52.4 Å². The first kappa shape index (κ1) is 36.3. The van der Waals surface area contributed by atoms with Gasteiger partial charge in [-0.3, -0.25) is 0 Å². The highest BCUT2D eigenvalue weighted by atomic mass is 16.5. The molecule has 294 valence electrons. The molecule has 0 amide bonds. The molecule has 0 bridgehead atoms. The first-order valence-corrected chi connectivity index (χ1v) is 21.0. The van der Waals surface area contributed by atoms with Gasteiger partial charge in [-0.1, -0.05) is 68.5 Å². The van der Waals surface area contributed by atoms with E-state index in [1.165, 1.54) is 44.6 Å². The minimum Gasteiger partial charge on any atom is -0.495 e. The van der Waals surface area contributed by atoms with Crippen LogP contribution >= 0.6 is 0 Å². The number of anilines is 3. The number of fused-ring (bicyclic) bond motifs is 8. The Hall–Kier alpha value is -5.02. The lowest BCUT2D eigenvalue weighted by molar-refractivity contribution is 0.122. The zero-order chi connectivity index (χ0) is 38.6. The van der Waals surface area contributed by atoms with Crippen LogP contribution in [0.1, 0.15) is 54.5 Å². The first-order chi connectivity index (χ1) is 28.1. The van der Waals surface area contributed by atoms with Gasteiger partial charge in [0.1, 0.15) is 11.5 Å². The van der Waals surface area contributed by atoms with Gasteiger partial charge in [0.2, 0.25) is 0 Å². The van der Waals surface area contributed by atoms with Crippen LogP contribution in [0.2, 0.25) is 0 Å². The van der Waals surface area contributed by atoms with Crippen molar-refractivity contribution in [3.05, 3.63) is 119 Å². The molecule has 3 saturated heterocycles. The van der Waals surface area contributed by atoms with Gasteiger partial charge in [-0.25, -0.2) is 0 Å². The van der Waals surface area contributed by atoms with Crippen LogP contribution in [0.3, 0.4) is 0 Å². The Kier molecular flexibility index (Phi) is 9.39. The highest BCUT2D eigenvalue weighted by molar-refractivity contribution is 6.10. The van der Waals surface area contributed by atoms with Crippen molar-refractivity contribution in [2.45, 2.75) is 37.7 Å². The van der Waals surface area contributed by atoms with E-state index in [4.69, 9.17) is 23.7 Å². The zero-order valence-electron chi connectivity index (χ0n) is 33.5. The van der Waals surface area contributed by atoms with Crippen LogP contribution in [0.5, 0.6) is 11.5 Å². The monoisotopic (exact) mass is 763 g/mol. The SMILES string of the molecule is CCC1(CC)c2ccccc2-c2c1c1c(c3cc(OC)c(N4CCOCC4)cc23)OC(c2ccc(N3CCOCC3)cc2)(c2ccc(N3CCOCC3)cc2)C=C1. The van der Waals surface area contributed by atoms with Gasteiger partial charge in [0.15, 0.2) is 5.60 Å². The number of hydrogen-bond acceptors (Lipinski definition) is 8. The highest BCUT2D eigenvalue weighted by Gasteiger charge is 2.47. The van der Waals surface area contributed by atoms with Crippen molar-refractivity contribution < 1.29 is 23.7 Å². The predicted octanol–water partition coefficient (Wildman–Crippen LogP) is 8.79. The third-order valence-corrected chi connectivity index (χ3v) is 13.4. The van der Waals surface area contributed by atoms with E-state index in [0.29, 0.717) is 13.2 Å². The molecule has 4 heterocycles. The van der Waals surface area contributed by atoms with Crippen LogP contribution in [0.15, 0.2) is 91.0 Å². The van der Waals surface area contributed by atoms with E-state index in [2.05, 4.69) is 126 Å². The summed E-state index contributed by atoms with van der Waals surface area (Å²) in [6.07, 6.45) is 6.69. The number of morpholine rings is 3. The molecule has 8 heteroatoms. The zero-order valence-corrected chi connectivity index (χ0v) is 33.5. The molecule has 0 N–H and O–H groups in total. The standard InChI is InChI=1S/C49H53N3O5/c1-4-48(5-2)42-9-7-6-8-38(42)45-40-32-43(52-24-30-56-31-25-52)44(53-3)33-41(40)47-39(46(45)48)18-19-49(57-47,34-10-14-36(15-11-34)50-20-26-54-27-21-50)35-12-16-37(17-13-35)51-22-28-55-29-23-51/h6-19,32-33H,4-5,20-31H2,1-3H3. The van der Waals surface area contributed by atoms with E-state index >= 15 is 0 Å². The lowest BCUT2D eigenvalue weighted by Gasteiger charge is -2.40. The van der Waals surface area contributed by atoms with E-state index in [0.717, 1.165) is 112 Å². The Labute approximate surface area is 336 Å². The van der Waals surface area contributed by atoms with Crippen LogP contribution in [-0.2, 0) is 25.2 Å². The number of rotatable bonds is 8. The van der Waals surface area contributed by atoms with Crippen molar-refractivity contribution in [2.75, 3.05) is 101 Å². The van der Waals surface area contributed by atoms with Gasteiger partial charge in [0.25, 0.3) is 0 Å². The molecular formula is C49H53N3O5. The van der Waals surface area contributed by atoms with Gasteiger partial charge in [-0.2, -0.15) is 0 Å². The maximum Gasteiger partial charge on any atom is 0.178 e. The average Bonchev–Trinajstić information content (AvgIpc) is 3.60. The number of benzene rings is 5. The number of ether oxygens (including phenoxy) is 5. The van der Waals surface area contributed by atoms with Crippen LogP contribution in [0.4, 0.5) is 17.1 Å². The normalized spacial score (nSPS) is 19.5. The maximum atomic E-state index is 7.82. The third-order valence-electron chi connectivity index (χ3n) is 13.4. The molecule has 0 aromatic heterocycles. The largest absolute Gasteiger partial charge is 0.495 e. The van der Waals surface area contributed by atoms with Gasteiger partial charge in [-0.05, 0) is 83.0 Å². The van der Waals surface area contributed by atoms with Gasteiger partial charge < -0.3 is 38.4 Å². The second-order valence-corrected chi connectivity index (χ2v) is 16.0. The molecule has 4 aliphatic heterocycles. The number of methoxy groups -OCH3 is 1. The lowest BCUT2D eigenvalue weighted by Crippen LogP contribution is -2.37. The second-order valence-electron chi connectivity index (χ2n) is 16.0. The third kappa shape index (κ3) is 5.82. The summed E-state index contributed by atoms with van der Waals surface area (Å²) in [6, 6.07) is 31.8. The van der Waals surface area contributed by atoms with E-state index in [1.807, 2.05) is 0 Å². The van der Waals surface area contributed by atoms with E-state index in [9.17, 15) is 0 Å². The van der Waals surface area contributed by atoms with Gasteiger partial charge in [0, 0.05) is 78.1 Å². The Morgan fingerprint density at radius 3 is 1.72 bits per heavy atom.